The van der Waals surface area contributed by atoms with E-state index in [2.05, 4.69) is 11.9 Å². The summed E-state index contributed by atoms with van der Waals surface area (Å²) >= 11 is 0. The van der Waals surface area contributed by atoms with Crippen molar-refractivity contribution in [3.8, 4) is 0 Å². The maximum absolute atomic E-state index is 11.1. The fourth-order valence-electron chi connectivity index (χ4n) is 1.82. The Morgan fingerprint density at radius 1 is 1.67 bits per heavy atom. The molecule has 0 bridgehead atoms. The molecule has 2 N–H and O–H groups in total. The van der Waals surface area contributed by atoms with E-state index >= 15 is 0 Å². The van der Waals surface area contributed by atoms with Gasteiger partial charge in [0.05, 0.1) is 6.61 Å². The van der Waals surface area contributed by atoms with Crippen molar-refractivity contribution in [2.75, 3.05) is 40.4 Å². The lowest BCUT2D eigenvalue weighted by Crippen LogP contribution is -2.38. The summed E-state index contributed by atoms with van der Waals surface area (Å²) in [5.41, 5.74) is 0. The van der Waals surface area contributed by atoms with Crippen molar-refractivity contribution in [1.29, 1.82) is 0 Å². The van der Waals surface area contributed by atoms with Crippen molar-refractivity contribution in [2.45, 2.75) is 12.8 Å². The minimum Gasteiger partial charge on any atom is -0.371 e. The Morgan fingerprint density at radius 2 is 2.40 bits per heavy atom. The van der Waals surface area contributed by atoms with Crippen molar-refractivity contribution in [3.05, 3.63) is 0 Å². The number of ether oxygens (including phenoxy) is 1. The molecule has 1 heterocycles. The van der Waals surface area contributed by atoms with Crippen LogP contribution < -0.4 is 5.84 Å². The van der Waals surface area contributed by atoms with Crippen LogP contribution in [-0.4, -0.2) is 56.2 Å². The number of carbonyl (C=O) groups excluding carboxylic acids is 1. The van der Waals surface area contributed by atoms with Crippen molar-refractivity contribution >= 4 is 5.91 Å². The van der Waals surface area contributed by atoms with E-state index in [0.29, 0.717) is 12.5 Å². The average Bonchev–Trinajstić information content (AvgIpc) is 2.17. The Labute approximate surface area is 91.1 Å². The van der Waals surface area contributed by atoms with Gasteiger partial charge in [-0.2, -0.15) is 0 Å². The number of nitrogens with two attached hydrogens (primary N) is 1. The maximum Gasteiger partial charge on any atom is 0.262 e. The van der Waals surface area contributed by atoms with Crippen LogP contribution >= 0.6 is 0 Å². The molecule has 0 radical (unpaired) electrons. The van der Waals surface area contributed by atoms with E-state index in [1.807, 2.05) is 0 Å². The highest BCUT2D eigenvalue weighted by Gasteiger charge is 2.17. The maximum atomic E-state index is 11.1. The Balaban J connectivity index is 2.11. The zero-order chi connectivity index (χ0) is 11.3. The molecule has 0 aromatic heterocycles. The third-order valence-corrected chi connectivity index (χ3v) is 2.69. The molecular formula is C10H21N3O2. The largest absolute Gasteiger partial charge is 0.371 e. The fourth-order valence-corrected chi connectivity index (χ4v) is 1.82. The zero-order valence-electron chi connectivity index (χ0n) is 9.61. The Hall–Kier alpha value is -0.650. The number of nitrogens with zero attached hydrogens (tertiary/aromatic N) is 2. The minimum atomic E-state index is -0.181. The molecule has 1 unspecified atom stereocenters. The first kappa shape index (κ1) is 12.4. The van der Waals surface area contributed by atoms with Crippen molar-refractivity contribution in [1.82, 2.24) is 9.91 Å². The molecule has 0 spiro atoms. The van der Waals surface area contributed by atoms with Gasteiger partial charge in [0.15, 0.2) is 0 Å². The first-order valence-corrected chi connectivity index (χ1v) is 5.37. The molecule has 0 aromatic rings. The molecule has 5 nitrogen and oxygen atoms in total. The van der Waals surface area contributed by atoms with Crippen molar-refractivity contribution in [2.24, 2.45) is 11.8 Å². The highest BCUT2D eigenvalue weighted by Crippen LogP contribution is 2.14. The van der Waals surface area contributed by atoms with Crippen LogP contribution in [0.3, 0.4) is 0 Å². The second-order valence-electron chi connectivity index (χ2n) is 4.29. The molecule has 1 rings (SSSR count). The molecule has 1 fully saturated rings. The topological polar surface area (TPSA) is 58.8 Å². The van der Waals surface area contributed by atoms with Gasteiger partial charge in [-0.05, 0) is 32.4 Å². The van der Waals surface area contributed by atoms with Crippen LogP contribution in [-0.2, 0) is 9.53 Å². The van der Waals surface area contributed by atoms with Gasteiger partial charge in [-0.15, -0.1) is 0 Å². The number of likely N-dealkylation sites (N-methyl/N-ethyl adjacent to an activating group) is 1. The molecule has 88 valence electrons. The lowest BCUT2D eigenvalue weighted by Gasteiger charge is -2.29. The summed E-state index contributed by atoms with van der Waals surface area (Å²) in [5.74, 6) is 5.65. The van der Waals surface area contributed by atoms with Crippen LogP contribution in [0.25, 0.3) is 0 Å². The van der Waals surface area contributed by atoms with Gasteiger partial charge in [0, 0.05) is 13.6 Å². The summed E-state index contributed by atoms with van der Waals surface area (Å²) in [6.07, 6.45) is 2.41. The van der Waals surface area contributed by atoms with Crippen molar-refractivity contribution < 1.29 is 9.53 Å². The molecule has 5 heteroatoms. The van der Waals surface area contributed by atoms with Gasteiger partial charge in [-0.1, -0.05) is 0 Å². The van der Waals surface area contributed by atoms with Crippen LogP contribution in [0.4, 0.5) is 0 Å². The van der Waals surface area contributed by atoms with E-state index in [-0.39, 0.29) is 12.5 Å². The van der Waals surface area contributed by atoms with Crippen LogP contribution in [0.15, 0.2) is 0 Å². The zero-order valence-corrected chi connectivity index (χ0v) is 9.61. The molecule has 1 aliphatic heterocycles. The van der Waals surface area contributed by atoms with Gasteiger partial charge in [0.25, 0.3) is 5.91 Å². The van der Waals surface area contributed by atoms with E-state index in [0.717, 1.165) is 11.6 Å². The lowest BCUT2D eigenvalue weighted by molar-refractivity contribution is -0.135. The standard InChI is InChI=1S/C10H21N3O2/c1-12-5-3-4-9(6-12)7-15-8-10(14)13(2)11/h9H,3-8,11H2,1-2H3. The molecule has 0 aromatic carbocycles. The normalized spacial score (nSPS) is 22.7. The Kier molecular flexibility index (Phi) is 5.01. The smallest absolute Gasteiger partial charge is 0.262 e. The summed E-state index contributed by atoms with van der Waals surface area (Å²) in [7, 11) is 3.64. The predicted molar refractivity (Wildman–Crippen MR) is 58.0 cm³/mol. The molecule has 0 aliphatic carbocycles. The Morgan fingerprint density at radius 3 is 3.00 bits per heavy atom. The van der Waals surface area contributed by atoms with E-state index in [9.17, 15) is 4.79 Å². The number of carbonyl (C=O) groups is 1. The summed E-state index contributed by atoms with van der Waals surface area (Å²) in [5, 5.41) is 1.06. The molecule has 1 aliphatic rings. The second-order valence-corrected chi connectivity index (χ2v) is 4.29. The highest BCUT2D eigenvalue weighted by molar-refractivity contribution is 5.76. The minimum absolute atomic E-state index is 0.0905. The quantitative estimate of drug-likeness (QED) is 0.396. The number of hydrazine groups is 1. The summed E-state index contributed by atoms with van der Waals surface area (Å²) in [6, 6.07) is 0. The third kappa shape index (κ3) is 4.59. The van der Waals surface area contributed by atoms with Gasteiger partial charge < -0.3 is 9.64 Å². The number of rotatable bonds is 4. The summed E-state index contributed by atoms with van der Waals surface area (Å²) in [6.45, 7) is 2.98. The van der Waals surface area contributed by atoms with Gasteiger partial charge in [-0.25, -0.2) is 5.84 Å². The average molecular weight is 215 g/mol. The van der Waals surface area contributed by atoms with Gasteiger partial charge in [-0.3, -0.25) is 9.80 Å². The van der Waals surface area contributed by atoms with E-state index in [1.54, 1.807) is 0 Å². The number of piperidine rings is 1. The second kappa shape index (κ2) is 6.05. The monoisotopic (exact) mass is 215 g/mol. The van der Waals surface area contributed by atoms with Crippen LogP contribution in [0.2, 0.25) is 0 Å². The molecule has 0 saturated carbocycles. The first-order chi connectivity index (χ1) is 7.09. The molecule has 1 atom stereocenters. The SMILES string of the molecule is CN1CCCC(COCC(=O)N(C)N)C1. The van der Waals surface area contributed by atoms with Gasteiger partial charge in [0.1, 0.15) is 6.61 Å². The summed E-state index contributed by atoms with van der Waals surface area (Å²) < 4.78 is 5.35. The predicted octanol–water partition coefficient (Wildman–Crippen LogP) is -0.323. The number of hydrogen-bond acceptors (Lipinski definition) is 4. The molecule has 15 heavy (non-hydrogen) atoms. The summed E-state index contributed by atoms with van der Waals surface area (Å²) in [4.78, 5) is 13.4. The van der Waals surface area contributed by atoms with E-state index < -0.39 is 0 Å². The van der Waals surface area contributed by atoms with E-state index in [4.69, 9.17) is 10.6 Å². The van der Waals surface area contributed by atoms with Crippen molar-refractivity contribution in [3.63, 3.8) is 0 Å². The van der Waals surface area contributed by atoms with E-state index in [1.165, 1.54) is 26.4 Å². The number of amides is 1. The highest BCUT2D eigenvalue weighted by atomic mass is 16.5. The lowest BCUT2D eigenvalue weighted by atomic mass is 10.00. The van der Waals surface area contributed by atoms with Gasteiger partial charge in [0.2, 0.25) is 0 Å². The number of likely N-dealkylation sites (tertiary alicyclic amines) is 1. The number of hydrogen-bond donors (Lipinski definition) is 1. The fraction of sp³-hybridized carbons (Fsp3) is 0.900. The van der Waals surface area contributed by atoms with Crippen LogP contribution in [0.5, 0.6) is 0 Å². The molecule has 1 amide bonds. The van der Waals surface area contributed by atoms with Crippen LogP contribution in [0, 0.1) is 5.92 Å². The van der Waals surface area contributed by atoms with Crippen LogP contribution in [0.1, 0.15) is 12.8 Å². The third-order valence-electron chi connectivity index (χ3n) is 2.69. The molecule has 1 saturated heterocycles. The first-order valence-electron chi connectivity index (χ1n) is 5.37. The Bertz CT molecular complexity index is 209. The van der Waals surface area contributed by atoms with Gasteiger partial charge >= 0.3 is 0 Å². The molecular weight excluding hydrogens is 194 g/mol.